The van der Waals surface area contributed by atoms with Crippen molar-refractivity contribution in [3.63, 3.8) is 0 Å². The Balaban J connectivity index is 1.64. The second-order valence-corrected chi connectivity index (χ2v) is 6.30. The van der Waals surface area contributed by atoms with Gasteiger partial charge in [-0.2, -0.15) is 0 Å². The summed E-state index contributed by atoms with van der Waals surface area (Å²) < 4.78 is 6.84. The number of anilines is 1. The van der Waals surface area contributed by atoms with Gasteiger partial charge < -0.3 is 14.4 Å². The summed E-state index contributed by atoms with van der Waals surface area (Å²) in [6, 6.07) is 9.37. The first-order valence-electron chi connectivity index (χ1n) is 8.57. The zero-order chi connectivity index (χ0) is 17.9. The molecule has 3 aromatic heterocycles. The molecular formula is C18H19N5O3. The van der Waals surface area contributed by atoms with E-state index in [1.54, 1.807) is 24.6 Å². The summed E-state index contributed by atoms with van der Waals surface area (Å²) in [5.41, 5.74) is 0. The van der Waals surface area contributed by atoms with Gasteiger partial charge in [0.15, 0.2) is 5.76 Å². The van der Waals surface area contributed by atoms with Gasteiger partial charge in [-0.25, -0.2) is 14.6 Å². The number of hydrogen-bond donors (Lipinski definition) is 1. The number of furan rings is 1. The number of nitrogens with zero attached hydrogens (tertiary/aromatic N) is 5. The highest BCUT2D eigenvalue weighted by Crippen LogP contribution is 2.29. The lowest BCUT2D eigenvalue weighted by atomic mass is 9.97. The van der Waals surface area contributed by atoms with Gasteiger partial charge in [0.1, 0.15) is 18.2 Å². The van der Waals surface area contributed by atoms with Crippen LogP contribution >= 0.6 is 0 Å². The summed E-state index contributed by atoms with van der Waals surface area (Å²) in [5, 5.41) is 13.6. The van der Waals surface area contributed by atoms with E-state index in [1.807, 2.05) is 18.2 Å². The molecule has 0 bridgehead atoms. The summed E-state index contributed by atoms with van der Waals surface area (Å²) in [4.78, 5) is 22.5. The summed E-state index contributed by atoms with van der Waals surface area (Å²) in [7, 11) is 0. The van der Waals surface area contributed by atoms with Crippen molar-refractivity contribution in [2.75, 3.05) is 18.0 Å². The van der Waals surface area contributed by atoms with E-state index in [0.717, 1.165) is 31.7 Å². The monoisotopic (exact) mass is 353 g/mol. The molecule has 0 aliphatic carbocycles. The molecule has 3 aromatic rings. The molecule has 134 valence electrons. The maximum absolute atomic E-state index is 11.3. The molecule has 0 aromatic carbocycles. The van der Waals surface area contributed by atoms with Gasteiger partial charge in [0.2, 0.25) is 5.82 Å². The largest absolute Gasteiger partial charge is 0.480 e. The van der Waals surface area contributed by atoms with Gasteiger partial charge in [0.25, 0.3) is 0 Å². The fourth-order valence-electron chi connectivity index (χ4n) is 3.35. The lowest BCUT2D eigenvalue weighted by molar-refractivity contribution is -0.137. The highest BCUT2D eigenvalue weighted by atomic mass is 16.4. The lowest BCUT2D eigenvalue weighted by Crippen LogP contribution is -2.36. The number of hydrogen-bond acceptors (Lipinski definition) is 6. The molecule has 1 aliphatic rings. The number of piperidine rings is 1. The first-order chi connectivity index (χ1) is 12.7. The Kier molecular flexibility index (Phi) is 4.39. The standard InChI is InChI=1S/C18H19N5O3/c24-16(25)12-23-18(20-17(21-23)14-6-4-10-26-14)13-5-3-9-22(11-13)15-7-1-2-8-19-15/h1-2,4,6-8,10,13H,3,5,9,11-12H2,(H,24,25)/t13-/m0/s1. The van der Waals surface area contributed by atoms with Crippen molar-refractivity contribution in [2.24, 2.45) is 0 Å². The second kappa shape index (κ2) is 6.99. The first-order valence-corrected chi connectivity index (χ1v) is 8.57. The van der Waals surface area contributed by atoms with Crippen LogP contribution in [-0.2, 0) is 11.3 Å². The molecule has 1 saturated heterocycles. The fraction of sp³-hybridized carbons (Fsp3) is 0.333. The predicted molar refractivity (Wildman–Crippen MR) is 93.8 cm³/mol. The fourth-order valence-corrected chi connectivity index (χ4v) is 3.35. The van der Waals surface area contributed by atoms with Gasteiger partial charge in [0.05, 0.1) is 6.26 Å². The van der Waals surface area contributed by atoms with Crippen LogP contribution in [-0.4, -0.2) is 43.9 Å². The second-order valence-electron chi connectivity index (χ2n) is 6.30. The Morgan fingerprint density at radius 2 is 2.23 bits per heavy atom. The van der Waals surface area contributed by atoms with E-state index in [9.17, 15) is 9.90 Å². The molecule has 1 fully saturated rings. The Hall–Kier alpha value is -3.16. The minimum Gasteiger partial charge on any atom is -0.480 e. The van der Waals surface area contributed by atoms with Gasteiger partial charge in [-0.05, 0) is 37.1 Å². The number of aliphatic carboxylic acids is 1. The van der Waals surface area contributed by atoms with Crippen LogP contribution in [0.5, 0.6) is 0 Å². The molecule has 4 rings (SSSR count). The number of carboxylic acid groups (broad SMARTS) is 1. The Morgan fingerprint density at radius 1 is 1.31 bits per heavy atom. The average Bonchev–Trinajstić information content (AvgIpc) is 3.32. The van der Waals surface area contributed by atoms with E-state index in [2.05, 4.69) is 20.0 Å². The highest BCUT2D eigenvalue weighted by Gasteiger charge is 2.28. The quantitative estimate of drug-likeness (QED) is 0.752. The molecule has 1 N–H and O–H groups in total. The van der Waals surface area contributed by atoms with E-state index >= 15 is 0 Å². The molecule has 0 amide bonds. The third-order valence-corrected chi connectivity index (χ3v) is 4.49. The molecule has 1 aliphatic heterocycles. The summed E-state index contributed by atoms with van der Waals surface area (Å²) in [6.07, 6.45) is 5.24. The number of aromatic nitrogens is 4. The topological polar surface area (TPSA) is 97.3 Å². The van der Waals surface area contributed by atoms with Crippen LogP contribution in [0, 0.1) is 0 Å². The summed E-state index contributed by atoms with van der Waals surface area (Å²) in [6.45, 7) is 1.43. The van der Waals surface area contributed by atoms with Crippen molar-refractivity contribution in [1.82, 2.24) is 19.7 Å². The van der Waals surface area contributed by atoms with E-state index in [0.29, 0.717) is 17.4 Å². The third kappa shape index (κ3) is 3.30. The highest BCUT2D eigenvalue weighted by molar-refractivity contribution is 5.66. The maximum Gasteiger partial charge on any atom is 0.325 e. The molecule has 0 saturated carbocycles. The molecule has 8 nitrogen and oxygen atoms in total. The molecule has 4 heterocycles. The van der Waals surface area contributed by atoms with E-state index in [-0.39, 0.29) is 12.5 Å². The lowest BCUT2D eigenvalue weighted by Gasteiger charge is -2.33. The van der Waals surface area contributed by atoms with Crippen molar-refractivity contribution in [1.29, 1.82) is 0 Å². The van der Waals surface area contributed by atoms with Crippen LogP contribution in [0.15, 0.2) is 47.2 Å². The van der Waals surface area contributed by atoms with Gasteiger partial charge in [-0.15, -0.1) is 5.10 Å². The zero-order valence-corrected chi connectivity index (χ0v) is 14.2. The number of rotatable bonds is 5. The smallest absolute Gasteiger partial charge is 0.325 e. The van der Waals surface area contributed by atoms with Crippen molar-refractivity contribution < 1.29 is 14.3 Å². The Labute approximate surface area is 150 Å². The van der Waals surface area contributed by atoms with Crippen molar-refractivity contribution in [3.05, 3.63) is 48.6 Å². The van der Waals surface area contributed by atoms with Gasteiger partial charge >= 0.3 is 5.97 Å². The molecule has 0 unspecified atom stereocenters. The van der Waals surface area contributed by atoms with E-state index in [1.165, 1.54) is 4.68 Å². The number of carbonyl (C=O) groups is 1. The Morgan fingerprint density at radius 3 is 2.96 bits per heavy atom. The van der Waals surface area contributed by atoms with Crippen LogP contribution in [0.3, 0.4) is 0 Å². The van der Waals surface area contributed by atoms with Crippen LogP contribution in [0.25, 0.3) is 11.6 Å². The minimum atomic E-state index is -0.945. The van der Waals surface area contributed by atoms with E-state index < -0.39 is 5.97 Å². The first kappa shape index (κ1) is 16.3. The molecule has 1 atom stereocenters. The number of carboxylic acids is 1. The van der Waals surface area contributed by atoms with Crippen molar-refractivity contribution >= 4 is 11.8 Å². The maximum atomic E-state index is 11.3. The number of pyridine rings is 1. The van der Waals surface area contributed by atoms with Crippen molar-refractivity contribution in [3.8, 4) is 11.6 Å². The zero-order valence-electron chi connectivity index (χ0n) is 14.2. The third-order valence-electron chi connectivity index (χ3n) is 4.49. The molecule has 0 spiro atoms. The van der Waals surface area contributed by atoms with Crippen LogP contribution in [0.4, 0.5) is 5.82 Å². The minimum absolute atomic E-state index is 0.0846. The predicted octanol–water partition coefficient (Wildman–Crippen LogP) is 2.40. The van der Waals surface area contributed by atoms with Gasteiger partial charge in [-0.3, -0.25) is 4.79 Å². The average molecular weight is 353 g/mol. The molecular weight excluding hydrogens is 334 g/mol. The summed E-state index contributed by atoms with van der Waals surface area (Å²) in [5.74, 6) is 1.70. The summed E-state index contributed by atoms with van der Waals surface area (Å²) >= 11 is 0. The van der Waals surface area contributed by atoms with E-state index in [4.69, 9.17) is 4.42 Å². The van der Waals surface area contributed by atoms with Crippen LogP contribution in [0.2, 0.25) is 0 Å². The molecule has 0 radical (unpaired) electrons. The van der Waals surface area contributed by atoms with Gasteiger partial charge in [-0.1, -0.05) is 6.07 Å². The normalized spacial score (nSPS) is 17.4. The Bertz CT molecular complexity index is 876. The molecule has 26 heavy (non-hydrogen) atoms. The van der Waals surface area contributed by atoms with Crippen molar-refractivity contribution in [2.45, 2.75) is 25.3 Å². The SMILES string of the molecule is O=C(O)Cn1nc(-c2ccco2)nc1[C@H]1CCCN(c2ccccn2)C1. The molecule has 8 heteroatoms. The van der Waals surface area contributed by atoms with Crippen LogP contribution < -0.4 is 4.90 Å². The van der Waals surface area contributed by atoms with Gasteiger partial charge in [0, 0.05) is 25.2 Å². The van der Waals surface area contributed by atoms with Crippen LogP contribution in [0.1, 0.15) is 24.6 Å².